The number of amides is 1. The number of carbonyl (C=O) groups is 1. The van der Waals surface area contributed by atoms with Gasteiger partial charge in [-0.05, 0) is 18.2 Å². The average Bonchev–Trinajstić information content (AvgIpc) is 3.10. The van der Waals surface area contributed by atoms with Gasteiger partial charge >= 0.3 is 0 Å². The van der Waals surface area contributed by atoms with Crippen molar-refractivity contribution in [3.8, 4) is 17.3 Å². The maximum atomic E-state index is 12.2. The molecule has 1 aromatic heterocycles. The van der Waals surface area contributed by atoms with Crippen molar-refractivity contribution in [2.75, 3.05) is 5.32 Å². The minimum absolute atomic E-state index is 0.0237. The Morgan fingerprint density at radius 2 is 2.04 bits per heavy atom. The van der Waals surface area contributed by atoms with Crippen molar-refractivity contribution in [2.45, 2.75) is 0 Å². The van der Waals surface area contributed by atoms with Crippen molar-refractivity contribution >= 4 is 28.1 Å². The highest BCUT2D eigenvalue weighted by atomic mass is 32.1. The van der Waals surface area contributed by atoms with Crippen LogP contribution in [0.2, 0.25) is 0 Å². The monoisotopic (exact) mass is 350 g/mol. The van der Waals surface area contributed by atoms with E-state index in [0.29, 0.717) is 27.5 Å². The van der Waals surface area contributed by atoms with Gasteiger partial charge in [0.15, 0.2) is 5.13 Å². The molecule has 0 aliphatic rings. The smallest absolute Gasteiger partial charge is 0.270 e. The molecular formula is C17H10N4O3S. The summed E-state index contributed by atoms with van der Waals surface area (Å²) in [6.45, 7) is 0. The third-order valence-electron chi connectivity index (χ3n) is 3.33. The van der Waals surface area contributed by atoms with Crippen LogP contribution in [0.4, 0.5) is 10.8 Å². The largest absolute Gasteiger partial charge is 0.298 e. The van der Waals surface area contributed by atoms with Crippen LogP contribution in [0.1, 0.15) is 15.9 Å². The van der Waals surface area contributed by atoms with Crippen molar-refractivity contribution in [1.82, 2.24) is 4.98 Å². The van der Waals surface area contributed by atoms with Gasteiger partial charge in [-0.15, -0.1) is 11.3 Å². The van der Waals surface area contributed by atoms with E-state index in [1.807, 2.05) is 6.07 Å². The first-order valence-electron chi connectivity index (χ1n) is 7.08. The zero-order valence-corrected chi connectivity index (χ0v) is 13.5. The SMILES string of the molecule is N#Cc1cccc(C(=O)Nc2nc(-c3cccc([N+](=O)[O-])c3)cs2)c1. The number of aromatic nitrogens is 1. The van der Waals surface area contributed by atoms with Crippen LogP contribution in [0.3, 0.4) is 0 Å². The minimum Gasteiger partial charge on any atom is -0.298 e. The van der Waals surface area contributed by atoms with Crippen LogP contribution in [-0.4, -0.2) is 15.8 Å². The number of thiazole rings is 1. The molecular weight excluding hydrogens is 340 g/mol. The molecule has 0 saturated heterocycles. The van der Waals surface area contributed by atoms with Crippen molar-refractivity contribution in [2.24, 2.45) is 0 Å². The predicted molar refractivity (Wildman–Crippen MR) is 93.3 cm³/mol. The fourth-order valence-electron chi connectivity index (χ4n) is 2.14. The molecule has 3 rings (SSSR count). The number of rotatable bonds is 4. The van der Waals surface area contributed by atoms with Crippen LogP contribution in [0.5, 0.6) is 0 Å². The van der Waals surface area contributed by atoms with Crippen LogP contribution < -0.4 is 5.32 Å². The second-order valence-electron chi connectivity index (χ2n) is 4.99. The third kappa shape index (κ3) is 3.68. The molecule has 0 aliphatic heterocycles. The molecule has 1 N–H and O–H groups in total. The molecule has 25 heavy (non-hydrogen) atoms. The number of non-ortho nitro benzene ring substituents is 1. The van der Waals surface area contributed by atoms with Crippen LogP contribution in [0.15, 0.2) is 53.9 Å². The number of hydrogen-bond donors (Lipinski definition) is 1. The van der Waals surface area contributed by atoms with Gasteiger partial charge < -0.3 is 0 Å². The number of nitro groups is 1. The second kappa shape index (κ2) is 6.90. The van der Waals surface area contributed by atoms with Crippen LogP contribution >= 0.6 is 11.3 Å². The molecule has 0 bridgehead atoms. The van der Waals surface area contributed by atoms with Gasteiger partial charge in [-0.3, -0.25) is 20.2 Å². The molecule has 0 spiro atoms. The summed E-state index contributed by atoms with van der Waals surface area (Å²) < 4.78 is 0. The first kappa shape index (κ1) is 16.3. The van der Waals surface area contributed by atoms with E-state index in [-0.39, 0.29) is 11.6 Å². The third-order valence-corrected chi connectivity index (χ3v) is 4.09. The molecule has 1 amide bonds. The lowest BCUT2D eigenvalue weighted by Gasteiger charge is -2.02. The fourth-order valence-corrected chi connectivity index (χ4v) is 2.86. The number of hydrogen-bond acceptors (Lipinski definition) is 6. The lowest BCUT2D eigenvalue weighted by atomic mass is 10.1. The quantitative estimate of drug-likeness (QED) is 0.568. The van der Waals surface area contributed by atoms with E-state index in [0.717, 1.165) is 0 Å². The van der Waals surface area contributed by atoms with E-state index in [4.69, 9.17) is 5.26 Å². The Morgan fingerprint density at radius 1 is 1.24 bits per heavy atom. The maximum absolute atomic E-state index is 12.2. The van der Waals surface area contributed by atoms with Gasteiger partial charge in [0.1, 0.15) is 0 Å². The van der Waals surface area contributed by atoms with Crippen molar-refractivity contribution in [3.05, 3.63) is 75.2 Å². The van der Waals surface area contributed by atoms with Crippen molar-refractivity contribution in [3.63, 3.8) is 0 Å². The topological polar surface area (TPSA) is 109 Å². The summed E-state index contributed by atoms with van der Waals surface area (Å²) >= 11 is 1.21. The average molecular weight is 350 g/mol. The van der Waals surface area contributed by atoms with Gasteiger partial charge in [0.05, 0.1) is 22.2 Å². The standard InChI is InChI=1S/C17H10N4O3S/c18-9-11-3-1-5-13(7-11)16(22)20-17-19-15(10-25-17)12-4-2-6-14(8-12)21(23)24/h1-8,10H,(H,19,20,22). The Bertz CT molecular complexity index is 1010. The summed E-state index contributed by atoms with van der Waals surface area (Å²) in [6, 6.07) is 14.4. The molecule has 0 aliphatic carbocycles. The summed E-state index contributed by atoms with van der Waals surface area (Å²) in [5.74, 6) is -0.378. The zero-order valence-electron chi connectivity index (χ0n) is 12.7. The molecule has 2 aromatic carbocycles. The number of nitrogens with one attached hydrogen (secondary N) is 1. The summed E-state index contributed by atoms with van der Waals surface area (Å²) in [4.78, 5) is 26.9. The highest BCUT2D eigenvalue weighted by Crippen LogP contribution is 2.27. The number of nitriles is 1. The van der Waals surface area contributed by atoms with E-state index >= 15 is 0 Å². The molecule has 0 saturated carbocycles. The summed E-state index contributed by atoms with van der Waals surface area (Å²) in [6.07, 6.45) is 0. The molecule has 0 fully saturated rings. The second-order valence-corrected chi connectivity index (χ2v) is 5.85. The van der Waals surface area contributed by atoms with E-state index in [9.17, 15) is 14.9 Å². The number of nitrogens with zero attached hydrogens (tertiary/aromatic N) is 3. The van der Waals surface area contributed by atoms with E-state index < -0.39 is 4.92 Å². The van der Waals surface area contributed by atoms with Gasteiger partial charge in [-0.25, -0.2) is 4.98 Å². The zero-order chi connectivity index (χ0) is 17.8. The van der Waals surface area contributed by atoms with Crippen molar-refractivity contribution < 1.29 is 9.72 Å². The molecule has 7 nitrogen and oxygen atoms in total. The van der Waals surface area contributed by atoms with Gasteiger partial charge in [-0.1, -0.05) is 18.2 Å². The van der Waals surface area contributed by atoms with E-state index in [2.05, 4.69) is 10.3 Å². The van der Waals surface area contributed by atoms with E-state index in [1.165, 1.54) is 29.5 Å². The lowest BCUT2D eigenvalue weighted by Crippen LogP contribution is -2.11. The first-order chi connectivity index (χ1) is 12.1. The maximum Gasteiger partial charge on any atom is 0.270 e. The van der Waals surface area contributed by atoms with E-state index in [1.54, 1.807) is 35.7 Å². The molecule has 0 radical (unpaired) electrons. The van der Waals surface area contributed by atoms with Crippen LogP contribution in [0.25, 0.3) is 11.3 Å². The van der Waals surface area contributed by atoms with Gasteiger partial charge in [-0.2, -0.15) is 5.26 Å². The Morgan fingerprint density at radius 3 is 2.80 bits per heavy atom. The summed E-state index contributed by atoms with van der Waals surface area (Å²) in [5.41, 5.74) is 1.85. The molecule has 0 atom stereocenters. The Kier molecular flexibility index (Phi) is 4.50. The highest BCUT2D eigenvalue weighted by Gasteiger charge is 2.12. The van der Waals surface area contributed by atoms with Gasteiger partial charge in [0.25, 0.3) is 11.6 Å². The molecule has 3 aromatic rings. The van der Waals surface area contributed by atoms with Gasteiger partial charge in [0, 0.05) is 28.6 Å². The normalized spacial score (nSPS) is 10.0. The summed E-state index contributed by atoms with van der Waals surface area (Å²) in [5, 5.41) is 24.5. The van der Waals surface area contributed by atoms with Crippen molar-refractivity contribution in [1.29, 1.82) is 5.26 Å². The highest BCUT2D eigenvalue weighted by molar-refractivity contribution is 7.14. The lowest BCUT2D eigenvalue weighted by molar-refractivity contribution is -0.384. The number of carbonyl (C=O) groups excluding carboxylic acids is 1. The predicted octanol–water partition coefficient (Wildman–Crippen LogP) is 3.84. The molecule has 8 heteroatoms. The Hall–Kier alpha value is -3.57. The van der Waals surface area contributed by atoms with Crippen LogP contribution in [0, 0.1) is 21.4 Å². The van der Waals surface area contributed by atoms with Gasteiger partial charge in [0.2, 0.25) is 0 Å². The number of anilines is 1. The number of benzene rings is 2. The molecule has 0 unspecified atom stereocenters. The molecule has 122 valence electrons. The van der Waals surface area contributed by atoms with Crippen LogP contribution in [-0.2, 0) is 0 Å². The minimum atomic E-state index is -0.471. The Labute approximate surface area is 146 Å². The molecule has 1 heterocycles. The fraction of sp³-hybridized carbons (Fsp3) is 0. The Balaban J connectivity index is 1.80. The first-order valence-corrected chi connectivity index (χ1v) is 7.96. The number of nitro benzene ring substituents is 1. The summed E-state index contributed by atoms with van der Waals surface area (Å²) in [7, 11) is 0.